The fourth-order valence-corrected chi connectivity index (χ4v) is 1.95. The van der Waals surface area contributed by atoms with E-state index in [1.54, 1.807) is 0 Å². The Bertz CT molecular complexity index is 514. The quantitative estimate of drug-likeness (QED) is 0.740. The third-order valence-electron chi connectivity index (χ3n) is 2.78. The summed E-state index contributed by atoms with van der Waals surface area (Å²) in [7, 11) is 1.42. The summed E-state index contributed by atoms with van der Waals surface area (Å²) in [6.45, 7) is 2.73. The molecule has 2 rings (SSSR count). The van der Waals surface area contributed by atoms with Crippen molar-refractivity contribution in [3.63, 3.8) is 0 Å². The highest BCUT2D eigenvalue weighted by Gasteiger charge is 2.07. The minimum atomic E-state index is -0.169. The first-order valence-electron chi connectivity index (χ1n) is 5.34. The van der Waals surface area contributed by atoms with Crippen LogP contribution in [0.15, 0.2) is 30.3 Å². The third kappa shape index (κ3) is 1.94. The van der Waals surface area contributed by atoms with Crippen LogP contribution in [-0.2, 0) is 16.1 Å². The van der Waals surface area contributed by atoms with E-state index in [1.165, 1.54) is 23.7 Å². The number of carbonyl (C=O) groups is 1. The van der Waals surface area contributed by atoms with Gasteiger partial charge < -0.3 is 9.30 Å². The zero-order valence-corrected chi connectivity index (χ0v) is 9.56. The minimum absolute atomic E-state index is 0.169. The first-order chi connectivity index (χ1) is 7.72. The number of methoxy groups -OCH3 is 1. The molecule has 0 saturated heterocycles. The van der Waals surface area contributed by atoms with Gasteiger partial charge in [-0.3, -0.25) is 4.79 Å². The van der Waals surface area contributed by atoms with Gasteiger partial charge in [0.15, 0.2) is 0 Å². The van der Waals surface area contributed by atoms with Crippen LogP contribution in [0.5, 0.6) is 0 Å². The highest BCUT2D eigenvalue weighted by molar-refractivity contribution is 5.81. The van der Waals surface area contributed by atoms with Crippen molar-refractivity contribution in [1.82, 2.24) is 4.57 Å². The fourth-order valence-electron chi connectivity index (χ4n) is 1.95. The van der Waals surface area contributed by atoms with Gasteiger partial charge in [-0.05, 0) is 24.4 Å². The summed E-state index contributed by atoms with van der Waals surface area (Å²) in [4.78, 5) is 11.1. The van der Waals surface area contributed by atoms with Crippen LogP contribution in [0, 0.1) is 6.92 Å². The molecule has 0 bridgehead atoms. The van der Waals surface area contributed by atoms with E-state index >= 15 is 0 Å². The van der Waals surface area contributed by atoms with Crippen LogP contribution in [0.25, 0.3) is 10.9 Å². The van der Waals surface area contributed by atoms with E-state index in [9.17, 15) is 4.79 Å². The maximum absolute atomic E-state index is 11.1. The van der Waals surface area contributed by atoms with Gasteiger partial charge in [0.05, 0.1) is 13.5 Å². The first-order valence-corrected chi connectivity index (χ1v) is 5.34. The number of fused-ring (bicyclic) bond motifs is 1. The smallest absolute Gasteiger partial charge is 0.307 e. The molecule has 3 nitrogen and oxygen atoms in total. The Labute approximate surface area is 94.6 Å². The number of hydrogen-bond acceptors (Lipinski definition) is 2. The summed E-state index contributed by atoms with van der Waals surface area (Å²) in [6, 6.07) is 10.3. The zero-order valence-electron chi connectivity index (χ0n) is 9.56. The zero-order chi connectivity index (χ0) is 11.5. The molecular weight excluding hydrogens is 202 g/mol. The van der Waals surface area contributed by atoms with Crippen LogP contribution in [-0.4, -0.2) is 17.6 Å². The molecule has 0 fully saturated rings. The molecule has 0 atom stereocenters. The second-order valence-corrected chi connectivity index (χ2v) is 3.82. The van der Waals surface area contributed by atoms with E-state index in [1.807, 2.05) is 12.1 Å². The van der Waals surface area contributed by atoms with Crippen LogP contribution in [0.2, 0.25) is 0 Å². The van der Waals surface area contributed by atoms with Gasteiger partial charge in [-0.15, -0.1) is 0 Å². The number of carbonyl (C=O) groups excluding carboxylic acids is 1. The Kier molecular flexibility index (Phi) is 2.95. The highest BCUT2D eigenvalue weighted by Crippen LogP contribution is 2.19. The topological polar surface area (TPSA) is 31.2 Å². The molecule has 0 spiro atoms. The number of aryl methyl sites for hydroxylation is 2. The van der Waals surface area contributed by atoms with E-state index < -0.39 is 0 Å². The Hall–Kier alpha value is -1.77. The van der Waals surface area contributed by atoms with Crippen molar-refractivity contribution in [3.8, 4) is 0 Å². The summed E-state index contributed by atoms with van der Waals surface area (Å²) < 4.78 is 6.79. The molecule has 0 N–H and O–H groups in total. The van der Waals surface area contributed by atoms with Crippen LogP contribution in [0.3, 0.4) is 0 Å². The number of hydrogen-bond donors (Lipinski definition) is 0. The van der Waals surface area contributed by atoms with Gasteiger partial charge in [0, 0.05) is 17.8 Å². The van der Waals surface area contributed by atoms with E-state index in [0.717, 1.165) is 0 Å². The van der Waals surface area contributed by atoms with Crippen molar-refractivity contribution in [2.24, 2.45) is 0 Å². The van der Waals surface area contributed by atoms with Gasteiger partial charge in [0.1, 0.15) is 0 Å². The summed E-state index contributed by atoms with van der Waals surface area (Å²) >= 11 is 0. The first kappa shape index (κ1) is 10.7. The molecule has 16 heavy (non-hydrogen) atoms. The normalized spacial score (nSPS) is 10.6. The summed E-state index contributed by atoms with van der Waals surface area (Å²) in [5.74, 6) is -0.169. The number of benzene rings is 1. The van der Waals surface area contributed by atoms with Crippen LogP contribution < -0.4 is 0 Å². The molecule has 1 aromatic heterocycles. The van der Waals surface area contributed by atoms with Gasteiger partial charge in [-0.25, -0.2) is 0 Å². The fraction of sp³-hybridized carbons (Fsp3) is 0.308. The molecule has 0 aliphatic heterocycles. The van der Waals surface area contributed by atoms with Crippen molar-refractivity contribution in [2.75, 3.05) is 7.11 Å². The van der Waals surface area contributed by atoms with E-state index in [4.69, 9.17) is 0 Å². The summed E-state index contributed by atoms with van der Waals surface area (Å²) in [6.07, 6.45) is 0.413. The van der Waals surface area contributed by atoms with Crippen molar-refractivity contribution < 1.29 is 9.53 Å². The van der Waals surface area contributed by atoms with Crippen LogP contribution in [0.4, 0.5) is 0 Å². The van der Waals surface area contributed by atoms with E-state index in [2.05, 4.69) is 34.4 Å². The standard InChI is InChI=1S/C13H15NO2/c1-10-9-11-5-3-4-6-12(11)14(10)8-7-13(15)16-2/h3-6,9H,7-8H2,1-2H3. The second kappa shape index (κ2) is 4.39. The number of para-hydroxylation sites is 1. The average Bonchev–Trinajstić information content (AvgIpc) is 2.62. The third-order valence-corrected chi connectivity index (χ3v) is 2.78. The minimum Gasteiger partial charge on any atom is -0.469 e. The lowest BCUT2D eigenvalue weighted by atomic mass is 10.2. The molecule has 0 radical (unpaired) electrons. The lowest BCUT2D eigenvalue weighted by Gasteiger charge is -2.06. The molecule has 1 heterocycles. The molecule has 0 aliphatic rings. The van der Waals surface area contributed by atoms with Gasteiger partial charge in [0.25, 0.3) is 0 Å². The van der Waals surface area contributed by atoms with Crippen LogP contribution >= 0.6 is 0 Å². The van der Waals surface area contributed by atoms with E-state index in [0.29, 0.717) is 13.0 Å². The Morgan fingerprint density at radius 1 is 1.38 bits per heavy atom. The predicted molar refractivity (Wildman–Crippen MR) is 63.3 cm³/mol. The summed E-state index contributed by atoms with van der Waals surface area (Å²) in [5, 5.41) is 1.21. The van der Waals surface area contributed by atoms with Crippen molar-refractivity contribution in [2.45, 2.75) is 19.9 Å². The lowest BCUT2D eigenvalue weighted by Crippen LogP contribution is -2.07. The molecule has 84 valence electrons. The number of rotatable bonds is 3. The number of ether oxygens (including phenoxy) is 1. The van der Waals surface area contributed by atoms with Crippen molar-refractivity contribution in [1.29, 1.82) is 0 Å². The lowest BCUT2D eigenvalue weighted by molar-refractivity contribution is -0.140. The molecule has 2 aromatic rings. The molecular formula is C13H15NO2. The molecule has 1 aromatic carbocycles. The number of nitrogens with zero attached hydrogens (tertiary/aromatic N) is 1. The maximum Gasteiger partial charge on any atom is 0.307 e. The van der Waals surface area contributed by atoms with Crippen LogP contribution in [0.1, 0.15) is 12.1 Å². The van der Waals surface area contributed by atoms with Gasteiger partial charge in [-0.1, -0.05) is 18.2 Å². The Balaban J connectivity index is 2.29. The van der Waals surface area contributed by atoms with Gasteiger partial charge in [0.2, 0.25) is 0 Å². The van der Waals surface area contributed by atoms with Gasteiger partial charge >= 0.3 is 5.97 Å². The molecule has 0 aliphatic carbocycles. The molecule has 0 amide bonds. The monoisotopic (exact) mass is 217 g/mol. The average molecular weight is 217 g/mol. The molecule has 0 unspecified atom stereocenters. The molecule has 3 heteroatoms. The van der Waals surface area contributed by atoms with Crippen molar-refractivity contribution in [3.05, 3.63) is 36.0 Å². The maximum atomic E-state index is 11.1. The summed E-state index contributed by atoms with van der Waals surface area (Å²) in [5.41, 5.74) is 2.34. The SMILES string of the molecule is COC(=O)CCn1c(C)cc2ccccc21. The second-order valence-electron chi connectivity index (χ2n) is 3.82. The number of esters is 1. The van der Waals surface area contributed by atoms with E-state index in [-0.39, 0.29) is 5.97 Å². The number of aromatic nitrogens is 1. The Morgan fingerprint density at radius 2 is 2.12 bits per heavy atom. The highest BCUT2D eigenvalue weighted by atomic mass is 16.5. The largest absolute Gasteiger partial charge is 0.469 e. The van der Waals surface area contributed by atoms with Gasteiger partial charge in [-0.2, -0.15) is 0 Å². The van der Waals surface area contributed by atoms with Crippen molar-refractivity contribution >= 4 is 16.9 Å². The predicted octanol–water partition coefficient (Wildman–Crippen LogP) is 2.51. The molecule has 0 saturated carbocycles. The Morgan fingerprint density at radius 3 is 2.88 bits per heavy atom.